The van der Waals surface area contributed by atoms with Crippen LogP contribution >= 0.6 is 0 Å². The average molecular weight is 498 g/mol. The minimum absolute atomic E-state index is 0.110. The Kier molecular flexibility index (Phi) is 5.08. The molecule has 10 heteroatoms. The number of carbonyl (C=O) groups is 1. The van der Waals surface area contributed by atoms with Crippen LogP contribution in [0.4, 0.5) is 16.0 Å². The molecule has 1 unspecified atom stereocenters. The van der Waals surface area contributed by atoms with E-state index >= 15 is 4.39 Å². The van der Waals surface area contributed by atoms with Crippen molar-refractivity contribution in [1.29, 1.82) is 0 Å². The first-order chi connectivity index (χ1) is 17.7. The molecule has 1 aromatic carbocycles. The molecule has 186 valence electrons. The summed E-state index contributed by atoms with van der Waals surface area (Å²) in [5, 5.41) is 8.45. The maximum absolute atomic E-state index is 15.3. The van der Waals surface area contributed by atoms with E-state index in [1.165, 1.54) is 18.5 Å². The molecule has 1 amide bonds. The SMILES string of the molecule is Cc1cc(-c2ncco2)cc(F)c1-c1cc2cc(NC(=O)C3(C)C[C@H]3c3cnn(C)c3)ncc2c(N)n1. The highest BCUT2D eigenvalue weighted by molar-refractivity contribution is 6.00. The van der Waals surface area contributed by atoms with Crippen LogP contribution in [0.1, 0.15) is 30.4 Å². The van der Waals surface area contributed by atoms with E-state index < -0.39 is 11.2 Å². The third kappa shape index (κ3) is 3.90. The van der Waals surface area contributed by atoms with Gasteiger partial charge in [-0.25, -0.2) is 19.3 Å². The molecule has 1 aliphatic carbocycles. The van der Waals surface area contributed by atoms with Crippen molar-refractivity contribution in [2.75, 3.05) is 11.1 Å². The number of carbonyl (C=O) groups excluding carboxylic acids is 1. The van der Waals surface area contributed by atoms with Gasteiger partial charge >= 0.3 is 0 Å². The molecule has 4 aromatic heterocycles. The number of hydrogen-bond acceptors (Lipinski definition) is 7. The van der Waals surface area contributed by atoms with Crippen LogP contribution in [0.5, 0.6) is 0 Å². The number of nitrogens with two attached hydrogens (primary N) is 1. The van der Waals surface area contributed by atoms with Crippen LogP contribution in [0.15, 0.2) is 59.7 Å². The monoisotopic (exact) mass is 497 g/mol. The van der Waals surface area contributed by atoms with E-state index in [9.17, 15) is 4.79 Å². The Morgan fingerprint density at radius 3 is 2.78 bits per heavy atom. The van der Waals surface area contributed by atoms with Gasteiger partial charge in [-0.1, -0.05) is 6.92 Å². The van der Waals surface area contributed by atoms with Gasteiger partial charge in [-0.15, -0.1) is 0 Å². The second kappa shape index (κ2) is 8.22. The zero-order chi connectivity index (χ0) is 25.9. The predicted octanol–water partition coefficient (Wildman–Crippen LogP) is 4.85. The number of benzene rings is 1. The number of anilines is 2. The molecule has 1 saturated carbocycles. The normalized spacial score (nSPS) is 18.8. The summed E-state index contributed by atoms with van der Waals surface area (Å²) in [6, 6.07) is 6.63. The lowest BCUT2D eigenvalue weighted by Gasteiger charge is -2.13. The van der Waals surface area contributed by atoms with Crippen molar-refractivity contribution in [3.63, 3.8) is 0 Å². The minimum Gasteiger partial charge on any atom is -0.445 e. The Balaban J connectivity index is 1.31. The molecule has 0 aliphatic heterocycles. The molecule has 0 spiro atoms. The zero-order valence-electron chi connectivity index (χ0n) is 20.5. The summed E-state index contributed by atoms with van der Waals surface area (Å²) < 4.78 is 22.3. The Bertz CT molecular complexity index is 1650. The number of nitrogens with one attached hydrogen (secondary N) is 1. The average Bonchev–Trinajstić information content (AvgIpc) is 3.19. The molecular formula is C27H24FN7O2. The molecule has 37 heavy (non-hydrogen) atoms. The highest BCUT2D eigenvalue weighted by atomic mass is 19.1. The van der Waals surface area contributed by atoms with Gasteiger partial charge in [0.05, 0.1) is 23.5 Å². The molecule has 4 heterocycles. The molecule has 1 aliphatic rings. The van der Waals surface area contributed by atoms with Crippen molar-refractivity contribution in [2.45, 2.75) is 26.2 Å². The summed E-state index contributed by atoms with van der Waals surface area (Å²) in [6.45, 7) is 3.73. The molecule has 2 atom stereocenters. The van der Waals surface area contributed by atoms with E-state index in [1.54, 1.807) is 42.2 Å². The fourth-order valence-electron chi connectivity index (χ4n) is 4.91. The quantitative estimate of drug-likeness (QED) is 0.356. The van der Waals surface area contributed by atoms with Crippen LogP contribution in [0, 0.1) is 18.2 Å². The molecular weight excluding hydrogens is 473 g/mol. The maximum atomic E-state index is 15.3. The van der Waals surface area contributed by atoms with Crippen LogP contribution in [0.25, 0.3) is 33.5 Å². The van der Waals surface area contributed by atoms with E-state index in [4.69, 9.17) is 10.2 Å². The Labute approximate surface area is 211 Å². The van der Waals surface area contributed by atoms with E-state index in [2.05, 4.69) is 25.4 Å². The number of rotatable bonds is 5. The van der Waals surface area contributed by atoms with Gasteiger partial charge in [0.1, 0.15) is 23.7 Å². The lowest BCUT2D eigenvalue weighted by Crippen LogP contribution is -2.23. The molecule has 5 aromatic rings. The van der Waals surface area contributed by atoms with E-state index in [1.807, 2.05) is 20.2 Å². The van der Waals surface area contributed by atoms with E-state index in [0.29, 0.717) is 44.9 Å². The Morgan fingerprint density at radius 1 is 1.24 bits per heavy atom. The lowest BCUT2D eigenvalue weighted by molar-refractivity contribution is -0.120. The molecule has 0 saturated heterocycles. The summed E-state index contributed by atoms with van der Waals surface area (Å²) >= 11 is 0. The number of fused-ring (bicyclic) bond motifs is 1. The highest BCUT2D eigenvalue weighted by Gasteiger charge is 2.57. The summed E-state index contributed by atoms with van der Waals surface area (Å²) in [7, 11) is 1.86. The fraction of sp³-hybridized carbons (Fsp3) is 0.222. The first-order valence-electron chi connectivity index (χ1n) is 11.8. The second-order valence-corrected chi connectivity index (χ2v) is 9.75. The van der Waals surface area contributed by atoms with Crippen LogP contribution in [-0.4, -0.2) is 30.6 Å². The molecule has 0 bridgehead atoms. The van der Waals surface area contributed by atoms with E-state index in [-0.39, 0.29) is 17.6 Å². The number of hydrogen-bond donors (Lipinski definition) is 2. The summed E-state index contributed by atoms with van der Waals surface area (Å²) in [6.07, 6.45) is 8.99. The first-order valence-corrected chi connectivity index (χ1v) is 11.8. The van der Waals surface area contributed by atoms with Gasteiger partial charge in [-0.05, 0) is 54.1 Å². The van der Waals surface area contributed by atoms with Gasteiger partial charge in [-0.2, -0.15) is 5.10 Å². The van der Waals surface area contributed by atoms with Crippen LogP contribution in [0.3, 0.4) is 0 Å². The first kappa shape index (κ1) is 22.8. The molecule has 1 fully saturated rings. The summed E-state index contributed by atoms with van der Waals surface area (Å²) in [4.78, 5) is 26.0. The number of aromatic nitrogens is 5. The topological polar surface area (TPSA) is 125 Å². The van der Waals surface area contributed by atoms with Crippen molar-refractivity contribution in [3.05, 3.63) is 72.3 Å². The second-order valence-electron chi connectivity index (χ2n) is 9.75. The van der Waals surface area contributed by atoms with Gasteiger partial charge in [0.15, 0.2) is 0 Å². The highest BCUT2D eigenvalue weighted by Crippen LogP contribution is 2.59. The predicted molar refractivity (Wildman–Crippen MR) is 137 cm³/mol. The number of amides is 1. The number of aryl methyl sites for hydroxylation is 2. The van der Waals surface area contributed by atoms with Crippen LogP contribution in [0.2, 0.25) is 0 Å². The van der Waals surface area contributed by atoms with E-state index in [0.717, 1.165) is 12.0 Å². The number of nitrogen functional groups attached to an aromatic ring is 1. The van der Waals surface area contributed by atoms with Gasteiger partial charge in [0.2, 0.25) is 11.8 Å². The number of halogens is 1. The third-order valence-electron chi connectivity index (χ3n) is 7.09. The lowest BCUT2D eigenvalue weighted by atomic mass is 9.99. The summed E-state index contributed by atoms with van der Waals surface area (Å²) in [5.74, 6) is 0.479. The maximum Gasteiger partial charge on any atom is 0.232 e. The van der Waals surface area contributed by atoms with Gasteiger partial charge in [0, 0.05) is 41.9 Å². The third-order valence-corrected chi connectivity index (χ3v) is 7.09. The van der Waals surface area contributed by atoms with Crippen molar-refractivity contribution >= 4 is 28.3 Å². The number of nitrogens with zero attached hydrogens (tertiary/aromatic N) is 5. The number of pyridine rings is 2. The Hall–Kier alpha value is -4.60. The van der Waals surface area contributed by atoms with Gasteiger partial charge < -0.3 is 15.5 Å². The molecule has 3 N–H and O–H groups in total. The van der Waals surface area contributed by atoms with Crippen molar-refractivity contribution < 1.29 is 13.6 Å². The van der Waals surface area contributed by atoms with Crippen LogP contribution in [-0.2, 0) is 11.8 Å². The summed E-state index contributed by atoms with van der Waals surface area (Å²) in [5.41, 5.74) is 8.63. The molecule has 0 radical (unpaired) electrons. The van der Waals surface area contributed by atoms with Crippen molar-refractivity contribution in [1.82, 2.24) is 24.7 Å². The minimum atomic E-state index is -0.535. The van der Waals surface area contributed by atoms with Crippen molar-refractivity contribution in [2.24, 2.45) is 12.5 Å². The molecule has 6 rings (SSSR count). The van der Waals surface area contributed by atoms with Gasteiger partial charge in [0.25, 0.3) is 0 Å². The van der Waals surface area contributed by atoms with Crippen LogP contribution < -0.4 is 11.1 Å². The fourth-order valence-corrected chi connectivity index (χ4v) is 4.91. The standard InChI is InChI=1S/C27H24FN7O2/c1-14-6-16(25-30-4-5-37-25)7-20(28)23(14)21-8-15-9-22(31-12-18(15)24(29)33-21)34-26(36)27(2)10-19(27)17-11-32-35(3)13-17/h4-9,11-13,19H,10H2,1-3H3,(H2,29,33)(H,31,34,36)/t19-,27?/m0/s1. The number of oxazole rings is 1. The van der Waals surface area contributed by atoms with Crippen molar-refractivity contribution in [3.8, 4) is 22.7 Å². The zero-order valence-corrected chi connectivity index (χ0v) is 20.5. The van der Waals surface area contributed by atoms with Gasteiger partial charge in [-0.3, -0.25) is 9.48 Å². The largest absolute Gasteiger partial charge is 0.445 e. The smallest absolute Gasteiger partial charge is 0.232 e. The molecule has 9 nitrogen and oxygen atoms in total. The Morgan fingerprint density at radius 2 is 2.08 bits per heavy atom.